The van der Waals surface area contributed by atoms with Crippen molar-refractivity contribution in [3.8, 4) is 0 Å². The monoisotopic (exact) mass is 169 g/mol. The van der Waals surface area contributed by atoms with Gasteiger partial charge in [-0.3, -0.25) is 4.90 Å². The van der Waals surface area contributed by atoms with Crippen LogP contribution in [0.15, 0.2) is 12.2 Å². The molecule has 1 aliphatic rings. The second-order valence-electron chi connectivity index (χ2n) is 3.59. The van der Waals surface area contributed by atoms with Crippen molar-refractivity contribution in [2.45, 2.75) is 33.0 Å². The van der Waals surface area contributed by atoms with E-state index in [2.05, 4.69) is 37.8 Å². The van der Waals surface area contributed by atoms with E-state index in [1.165, 1.54) is 0 Å². The lowest BCUT2D eigenvalue weighted by Gasteiger charge is -2.39. The Balaban J connectivity index is 2.04. The van der Waals surface area contributed by atoms with Crippen molar-refractivity contribution in [3.63, 3.8) is 0 Å². The molecule has 0 spiro atoms. The lowest BCUT2D eigenvalue weighted by molar-refractivity contribution is -0.0764. The van der Waals surface area contributed by atoms with Crippen LogP contribution in [-0.2, 0) is 4.74 Å². The van der Waals surface area contributed by atoms with E-state index in [0.29, 0.717) is 12.2 Å². The maximum Gasteiger partial charge on any atom is 0.0832 e. The third-order valence-electron chi connectivity index (χ3n) is 1.99. The van der Waals surface area contributed by atoms with Crippen molar-refractivity contribution in [1.29, 1.82) is 0 Å². The summed E-state index contributed by atoms with van der Waals surface area (Å²) >= 11 is 0. The second-order valence-corrected chi connectivity index (χ2v) is 3.59. The largest absolute Gasteiger partial charge is 0.373 e. The second kappa shape index (κ2) is 4.63. The van der Waals surface area contributed by atoms with Crippen LogP contribution < -0.4 is 0 Å². The van der Waals surface area contributed by atoms with Crippen molar-refractivity contribution >= 4 is 0 Å². The summed E-state index contributed by atoms with van der Waals surface area (Å²) in [6, 6.07) is 0. The van der Waals surface area contributed by atoms with Crippen LogP contribution in [0.3, 0.4) is 0 Å². The van der Waals surface area contributed by atoms with Gasteiger partial charge in [-0.25, -0.2) is 0 Å². The Kier molecular flexibility index (Phi) is 3.76. The molecule has 0 aromatic rings. The molecule has 1 aliphatic heterocycles. The molecule has 1 fully saturated rings. The topological polar surface area (TPSA) is 12.5 Å². The van der Waals surface area contributed by atoms with Gasteiger partial charge in [0.25, 0.3) is 0 Å². The maximum absolute atomic E-state index is 5.63. The zero-order valence-electron chi connectivity index (χ0n) is 8.29. The molecule has 1 heterocycles. The van der Waals surface area contributed by atoms with Crippen LogP contribution in [0.1, 0.15) is 20.8 Å². The fourth-order valence-corrected chi connectivity index (χ4v) is 1.40. The first-order valence-electron chi connectivity index (χ1n) is 4.71. The Hall–Kier alpha value is -0.340. The van der Waals surface area contributed by atoms with E-state index in [-0.39, 0.29) is 0 Å². The molecule has 0 aliphatic carbocycles. The van der Waals surface area contributed by atoms with Crippen LogP contribution in [0.2, 0.25) is 0 Å². The molecule has 0 aromatic heterocycles. The highest BCUT2D eigenvalue weighted by Gasteiger charge is 2.26. The standard InChI is InChI=1S/C10H19NO/c1-4-5-6-11-7-10(8-11)12-9(2)3/h4-5,9-10H,6-8H2,1-3H3/b5-4+. The van der Waals surface area contributed by atoms with Gasteiger partial charge in [0.15, 0.2) is 0 Å². The van der Waals surface area contributed by atoms with Crippen LogP contribution in [0.4, 0.5) is 0 Å². The summed E-state index contributed by atoms with van der Waals surface area (Å²) in [5, 5.41) is 0. The Morgan fingerprint density at radius 3 is 2.67 bits per heavy atom. The molecule has 1 rings (SSSR count). The van der Waals surface area contributed by atoms with Gasteiger partial charge in [0.2, 0.25) is 0 Å². The predicted molar refractivity (Wildman–Crippen MR) is 51.3 cm³/mol. The van der Waals surface area contributed by atoms with Crippen LogP contribution in [0.5, 0.6) is 0 Å². The molecule has 0 atom stereocenters. The van der Waals surface area contributed by atoms with Crippen molar-refractivity contribution < 1.29 is 4.74 Å². The lowest BCUT2D eigenvalue weighted by Crippen LogP contribution is -2.52. The summed E-state index contributed by atoms with van der Waals surface area (Å²) in [5.41, 5.74) is 0. The van der Waals surface area contributed by atoms with Gasteiger partial charge in [0, 0.05) is 19.6 Å². The summed E-state index contributed by atoms with van der Waals surface area (Å²) in [4.78, 5) is 2.38. The number of ether oxygens (including phenoxy) is 1. The van der Waals surface area contributed by atoms with Gasteiger partial charge in [-0.2, -0.15) is 0 Å². The Bertz CT molecular complexity index is 148. The summed E-state index contributed by atoms with van der Waals surface area (Å²) in [5.74, 6) is 0. The van der Waals surface area contributed by atoms with Gasteiger partial charge in [0.1, 0.15) is 0 Å². The van der Waals surface area contributed by atoms with E-state index in [1.54, 1.807) is 0 Å². The molecule has 1 saturated heterocycles. The van der Waals surface area contributed by atoms with Crippen LogP contribution in [-0.4, -0.2) is 36.7 Å². The molecule has 2 nitrogen and oxygen atoms in total. The van der Waals surface area contributed by atoms with Gasteiger partial charge in [-0.15, -0.1) is 0 Å². The molecule has 70 valence electrons. The van der Waals surface area contributed by atoms with Crippen LogP contribution in [0.25, 0.3) is 0 Å². The average Bonchev–Trinajstić information content (AvgIpc) is 1.93. The molecule has 2 heteroatoms. The molecule has 0 N–H and O–H groups in total. The summed E-state index contributed by atoms with van der Waals surface area (Å²) in [7, 11) is 0. The predicted octanol–water partition coefficient (Wildman–Crippen LogP) is 1.67. The Morgan fingerprint density at radius 1 is 1.50 bits per heavy atom. The summed E-state index contributed by atoms with van der Waals surface area (Å²) in [6.07, 6.45) is 5.14. The third kappa shape index (κ3) is 2.95. The number of nitrogens with zero attached hydrogens (tertiary/aromatic N) is 1. The molecular formula is C10H19NO. The summed E-state index contributed by atoms with van der Waals surface area (Å²) < 4.78 is 5.63. The van der Waals surface area contributed by atoms with Crippen LogP contribution in [0, 0.1) is 0 Å². The fourth-order valence-electron chi connectivity index (χ4n) is 1.40. The smallest absolute Gasteiger partial charge is 0.0832 e. The maximum atomic E-state index is 5.63. The SMILES string of the molecule is C/C=C/CN1CC(OC(C)C)C1. The van der Waals surface area contributed by atoms with Crippen molar-refractivity contribution in [2.75, 3.05) is 19.6 Å². The van der Waals surface area contributed by atoms with Crippen molar-refractivity contribution in [1.82, 2.24) is 4.90 Å². The van der Waals surface area contributed by atoms with E-state index in [1.807, 2.05) is 0 Å². The third-order valence-corrected chi connectivity index (χ3v) is 1.99. The quantitative estimate of drug-likeness (QED) is 0.594. The lowest BCUT2D eigenvalue weighted by atomic mass is 10.1. The van der Waals surface area contributed by atoms with Gasteiger partial charge >= 0.3 is 0 Å². The highest BCUT2D eigenvalue weighted by molar-refractivity contribution is 4.88. The van der Waals surface area contributed by atoms with Gasteiger partial charge in [0.05, 0.1) is 12.2 Å². The molecule has 0 aromatic carbocycles. The minimum absolute atomic E-state index is 0.374. The zero-order chi connectivity index (χ0) is 8.97. The Labute approximate surface area is 75.2 Å². The minimum atomic E-state index is 0.374. The molecule has 0 unspecified atom stereocenters. The summed E-state index contributed by atoms with van der Waals surface area (Å²) in [6.45, 7) is 9.52. The van der Waals surface area contributed by atoms with E-state index in [9.17, 15) is 0 Å². The van der Waals surface area contributed by atoms with Gasteiger partial charge in [-0.1, -0.05) is 12.2 Å². The first-order valence-corrected chi connectivity index (χ1v) is 4.71. The van der Waals surface area contributed by atoms with E-state index in [0.717, 1.165) is 19.6 Å². The van der Waals surface area contributed by atoms with E-state index >= 15 is 0 Å². The first kappa shape index (κ1) is 9.75. The first-order chi connectivity index (χ1) is 5.72. The zero-order valence-corrected chi connectivity index (χ0v) is 8.29. The normalized spacial score (nSPS) is 20.7. The molecule has 0 radical (unpaired) electrons. The highest BCUT2D eigenvalue weighted by atomic mass is 16.5. The van der Waals surface area contributed by atoms with E-state index in [4.69, 9.17) is 4.74 Å². The highest BCUT2D eigenvalue weighted by Crippen LogP contribution is 2.12. The van der Waals surface area contributed by atoms with Crippen molar-refractivity contribution in [3.05, 3.63) is 12.2 Å². The number of hydrogen-bond acceptors (Lipinski definition) is 2. The van der Waals surface area contributed by atoms with Gasteiger partial charge < -0.3 is 4.74 Å². The van der Waals surface area contributed by atoms with Gasteiger partial charge in [-0.05, 0) is 20.8 Å². The molecule has 12 heavy (non-hydrogen) atoms. The number of allylic oxidation sites excluding steroid dienone is 1. The number of likely N-dealkylation sites (tertiary alicyclic amines) is 1. The van der Waals surface area contributed by atoms with Crippen LogP contribution >= 0.6 is 0 Å². The fraction of sp³-hybridized carbons (Fsp3) is 0.800. The molecule has 0 amide bonds. The number of rotatable bonds is 4. The van der Waals surface area contributed by atoms with Crippen molar-refractivity contribution in [2.24, 2.45) is 0 Å². The number of hydrogen-bond donors (Lipinski definition) is 0. The molecular weight excluding hydrogens is 150 g/mol. The molecule has 0 bridgehead atoms. The molecule has 0 saturated carbocycles. The average molecular weight is 169 g/mol. The minimum Gasteiger partial charge on any atom is -0.373 e. The van der Waals surface area contributed by atoms with E-state index < -0.39 is 0 Å². The Morgan fingerprint density at radius 2 is 2.17 bits per heavy atom.